The number of rotatable bonds is 3. The minimum atomic E-state index is -0.835. The first kappa shape index (κ1) is 11.3. The summed E-state index contributed by atoms with van der Waals surface area (Å²) in [4.78, 5) is 10.6. The minimum Gasteiger partial charge on any atom is -0.481 e. The molecule has 1 aromatic rings. The first-order chi connectivity index (χ1) is 7.24. The van der Waals surface area contributed by atoms with Gasteiger partial charge in [0.2, 0.25) is 0 Å². The van der Waals surface area contributed by atoms with Crippen LogP contribution < -0.4 is 5.32 Å². The first-order valence-electron chi connectivity index (χ1n) is 4.67. The summed E-state index contributed by atoms with van der Waals surface area (Å²) in [6.45, 7) is 0.599. The number of carbonyl (C=O) groups is 1. The van der Waals surface area contributed by atoms with Crippen molar-refractivity contribution < 1.29 is 9.90 Å². The van der Waals surface area contributed by atoms with Crippen molar-refractivity contribution >= 4 is 5.97 Å². The van der Waals surface area contributed by atoms with E-state index in [0.29, 0.717) is 6.54 Å². The van der Waals surface area contributed by atoms with Gasteiger partial charge in [0.05, 0.1) is 13.0 Å². The zero-order valence-corrected chi connectivity index (χ0v) is 8.58. The fraction of sp³-hybridized carbons (Fsp3) is 0.250. The van der Waals surface area contributed by atoms with Gasteiger partial charge in [-0.25, -0.2) is 0 Å². The van der Waals surface area contributed by atoms with E-state index in [2.05, 4.69) is 17.2 Å². The third-order valence-corrected chi connectivity index (χ3v) is 1.85. The molecule has 0 aliphatic rings. The van der Waals surface area contributed by atoms with Crippen LogP contribution in [0.2, 0.25) is 0 Å². The third-order valence-electron chi connectivity index (χ3n) is 1.85. The normalized spacial score (nSPS) is 9.13. The largest absolute Gasteiger partial charge is 0.481 e. The van der Waals surface area contributed by atoms with Crippen LogP contribution in [0.5, 0.6) is 0 Å². The van der Waals surface area contributed by atoms with Gasteiger partial charge in [0, 0.05) is 5.56 Å². The molecule has 0 unspecified atom stereocenters. The summed E-state index contributed by atoms with van der Waals surface area (Å²) < 4.78 is 0. The maximum absolute atomic E-state index is 10.6. The molecule has 0 aliphatic carbocycles. The SMILES string of the molecule is CNCC#Cc1ccccc1CC(=O)O. The summed E-state index contributed by atoms with van der Waals surface area (Å²) >= 11 is 0. The van der Waals surface area contributed by atoms with E-state index in [1.54, 1.807) is 6.07 Å². The summed E-state index contributed by atoms with van der Waals surface area (Å²) in [5.41, 5.74) is 1.55. The van der Waals surface area contributed by atoms with E-state index < -0.39 is 5.97 Å². The van der Waals surface area contributed by atoms with E-state index in [1.807, 2.05) is 25.2 Å². The number of hydrogen-bond acceptors (Lipinski definition) is 2. The van der Waals surface area contributed by atoms with Gasteiger partial charge in [-0.1, -0.05) is 30.0 Å². The Kier molecular flexibility index (Phi) is 4.39. The van der Waals surface area contributed by atoms with Gasteiger partial charge in [0.25, 0.3) is 0 Å². The molecule has 0 fully saturated rings. The predicted octanol–water partition coefficient (Wildman–Crippen LogP) is 0.885. The molecule has 1 rings (SSSR count). The molecule has 0 saturated carbocycles. The summed E-state index contributed by atoms with van der Waals surface area (Å²) in [6, 6.07) is 7.30. The molecule has 2 N–H and O–H groups in total. The van der Waals surface area contributed by atoms with Crippen molar-refractivity contribution in [1.29, 1.82) is 0 Å². The number of aliphatic carboxylic acids is 1. The molecular formula is C12H13NO2. The molecule has 0 saturated heterocycles. The quantitative estimate of drug-likeness (QED) is 0.717. The van der Waals surface area contributed by atoms with Crippen LogP contribution in [0.25, 0.3) is 0 Å². The monoisotopic (exact) mass is 203 g/mol. The fourth-order valence-corrected chi connectivity index (χ4v) is 1.19. The Bertz CT molecular complexity index is 402. The van der Waals surface area contributed by atoms with Gasteiger partial charge in [0.15, 0.2) is 0 Å². The maximum Gasteiger partial charge on any atom is 0.307 e. The van der Waals surface area contributed by atoms with Crippen LogP contribution >= 0.6 is 0 Å². The van der Waals surface area contributed by atoms with E-state index in [0.717, 1.165) is 11.1 Å². The molecule has 0 bridgehead atoms. The Morgan fingerprint density at radius 1 is 1.47 bits per heavy atom. The van der Waals surface area contributed by atoms with Crippen LogP contribution in [0.15, 0.2) is 24.3 Å². The number of hydrogen-bond donors (Lipinski definition) is 2. The van der Waals surface area contributed by atoms with Gasteiger partial charge in [-0.05, 0) is 18.7 Å². The maximum atomic E-state index is 10.6. The average molecular weight is 203 g/mol. The smallest absolute Gasteiger partial charge is 0.307 e. The van der Waals surface area contributed by atoms with Crippen molar-refractivity contribution in [3.8, 4) is 11.8 Å². The van der Waals surface area contributed by atoms with Gasteiger partial charge in [-0.15, -0.1) is 0 Å². The first-order valence-corrected chi connectivity index (χ1v) is 4.67. The highest BCUT2D eigenvalue weighted by atomic mass is 16.4. The molecule has 3 nitrogen and oxygen atoms in total. The number of carboxylic acid groups (broad SMARTS) is 1. The summed E-state index contributed by atoms with van der Waals surface area (Å²) in [7, 11) is 1.82. The highest BCUT2D eigenvalue weighted by molar-refractivity contribution is 5.71. The lowest BCUT2D eigenvalue weighted by Gasteiger charge is -1.99. The molecule has 0 aromatic heterocycles. The van der Waals surface area contributed by atoms with Crippen molar-refractivity contribution in [3.05, 3.63) is 35.4 Å². The molecule has 0 amide bonds. The number of nitrogens with one attached hydrogen (secondary N) is 1. The Morgan fingerprint density at radius 2 is 2.20 bits per heavy atom. The second kappa shape index (κ2) is 5.84. The van der Waals surface area contributed by atoms with Crippen molar-refractivity contribution in [3.63, 3.8) is 0 Å². The Balaban J connectivity index is 2.87. The van der Waals surface area contributed by atoms with E-state index in [4.69, 9.17) is 5.11 Å². The van der Waals surface area contributed by atoms with Gasteiger partial charge < -0.3 is 10.4 Å². The van der Waals surface area contributed by atoms with Gasteiger partial charge in [0.1, 0.15) is 0 Å². The lowest BCUT2D eigenvalue weighted by atomic mass is 10.1. The zero-order valence-electron chi connectivity index (χ0n) is 8.58. The van der Waals surface area contributed by atoms with Gasteiger partial charge in [-0.2, -0.15) is 0 Å². The summed E-state index contributed by atoms with van der Waals surface area (Å²) in [6.07, 6.45) is 0.0183. The molecule has 15 heavy (non-hydrogen) atoms. The molecular weight excluding hydrogens is 190 g/mol. The molecule has 1 aromatic carbocycles. The van der Waals surface area contributed by atoms with Crippen molar-refractivity contribution in [2.24, 2.45) is 0 Å². The second-order valence-corrected chi connectivity index (χ2v) is 3.06. The summed E-state index contributed by atoms with van der Waals surface area (Å²) in [5.74, 6) is 5.02. The highest BCUT2D eigenvalue weighted by Crippen LogP contribution is 2.07. The van der Waals surface area contributed by atoms with E-state index >= 15 is 0 Å². The van der Waals surface area contributed by atoms with Crippen LogP contribution in [0.3, 0.4) is 0 Å². The fourth-order valence-electron chi connectivity index (χ4n) is 1.19. The zero-order chi connectivity index (χ0) is 11.1. The van der Waals surface area contributed by atoms with E-state index in [9.17, 15) is 4.79 Å². The molecule has 0 aliphatic heterocycles. The third kappa shape index (κ3) is 3.84. The van der Waals surface area contributed by atoms with Crippen LogP contribution in [0.1, 0.15) is 11.1 Å². The Morgan fingerprint density at radius 3 is 2.87 bits per heavy atom. The van der Waals surface area contributed by atoms with Gasteiger partial charge in [-0.3, -0.25) is 4.79 Å². The summed E-state index contributed by atoms with van der Waals surface area (Å²) in [5, 5.41) is 11.6. The molecule has 0 atom stereocenters. The highest BCUT2D eigenvalue weighted by Gasteiger charge is 2.03. The molecule has 78 valence electrons. The van der Waals surface area contributed by atoms with E-state index in [-0.39, 0.29) is 6.42 Å². The van der Waals surface area contributed by atoms with Crippen molar-refractivity contribution in [1.82, 2.24) is 5.32 Å². The van der Waals surface area contributed by atoms with Gasteiger partial charge >= 0.3 is 5.97 Å². The minimum absolute atomic E-state index is 0.0183. The molecule has 0 heterocycles. The lowest BCUT2D eigenvalue weighted by molar-refractivity contribution is -0.136. The van der Waals surface area contributed by atoms with Crippen LogP contribution in [0.4, 0.5) is 0 Å². The average Bonchev–Trinajstić information content (AvgIpc) is 2.20. The standard InChI is InChI=1S/C12H13NO2/c1-13-8-4-7-10-5-2-3-6-11(10)9-12(14)15/h2-3,5-6,13H,8-9H2,1H3,(H,14,15). The topological polar surface area (TPSA) is 49.3 Å². The van der Waals surface area contributed by atoms with Crippen LogP contribution in [-0.4, -0.2) is 24.7 Å². The van der Waals surface area contributed by atoms with Crippen molar-refractivity contribution in [2.45, 2.75) is 6.42 Å². The van der Waals surface area contributed by atoms with Crippen LogP contribution in [0, 0.1) is 11.8 Å². The second-order valence-electron chi connectivity index (χ2n) is 3.06. The molecule has 0 radical (unpaired) electrons. The predicted molar refractivity (Wildman–Crippen MR) is 58.6 cm³/mol. The van der Waals surface area contributed by atoms with E-state index in [1.165, 1.54) is 0 Å². The Hall–Kier alpha value is -1.79. The molecule has 3 heteroatoms. The van der Waals surface area contributed by atoms with Crippen LogP contribution in [-0.2, 0) is 11.2 Å². The Labute approximate surface area is 89.1 Å². The number of carboxylic acids is 1. The lowest BCUT2D eigenvalue weighted by Crippen LogP contribution is -2.05. The molecule has 0 spiro atoms. The van der Waals surface area contributed by atoms with Crippen molar-refractivity contribution in [2.75, 3.05) is 13.6 Å². The number of benzene rings is 1.